The molecule has 3 heteroatoms. The van der Waals surface area contributed by atoms with Crippen LogP contribution in [0.3, 0.4) is 0 Å². The molecule has 0 amide bonds. The first-order chi connectivity index (χ1) is 6.79. The van der Waals surface area contributed by atoms with Crippen molar-refractivity contribution < 1.29 is 0 Å². The Kier molecular flexibility index (Phi) is 4.53. The van der Waals surface area contributed by atoms with Gasteiger partial charge in [0.1, 0.15) is 5.82 Å². The Balaban J connectivity index is 2.77. The summed E-state index contributed by atoms with van der Waals surface area (Å²) in [6.07, 6.45) is 4.74. The molecule has 1 aromatic heterocycles. The van der Waals surface area contributed by atoms with E-state index in [0.717, 1.165) is 18.8 Å². The molecule has 0 aromatic carbocycles. The number of hydrogen-bond acceptors (Lipinski definition) is 3. The van der Waals surface area contributed by atoms with Gasteiger partial charge in [0.15, 0.2) is 0 Å². The second-order valence-electron chi connectivity index (χ2n) is 3.53. The average molecular weight is 193 g/mol. The standard InChI is InChI=1S/C11H19N3/c1-4-9(3)10(12-5-2)11-13-7-6-8-14-11/h6-10,12H,4-5H2,1-3H3. The van der Waals surface area contributed by atoms with Gasteiger partial charge in [0, 0.05) is 12.4 Å². The molecule has 1 N–H and O–H groups in total. The van der Waals surface area contributed by atoms with Crippen molar-refractivity contribution in [2.45, 2.75) is 33.2 Å². The summed E-state index contributed by atoms with van der Waals surface area (Å²) in [6, 6.07) is 2.13. The normalized spacial score (nSPS) is 15.1. The Hall–Kier alpha value is -0.960. The van der Waals surface area contributed by atoms with E-state index in [-0.39, 0.29) is 6.04 Å². The van der Waals surface area contributed by atoms with E-state index in [1.807, 2.05) is 6.07 Å². The SMILES string of the molecule is CCNC(c1ncccn1)C(C)CC. The van der Waals surface area contributed by atoms with Gasteiger partial charge in [-0.2, -0.15) is 0 Å². The minimum absolute atomic E-state index is 0.284. The predicted octanol–water partition coefficient (Wildman–Crippen LogP) is 2.17. The number of aromatic nitrogens is 2. The van der Waals surface area contributed by atoms with Gasteiger partial charge in [0.25, 0.3) is 0 Å². The zero-order valence-corrected chi connectivity index (χ0v) is 9.20. The number of nitrogens with zero attached hydrogens (tertiary/aromatic N) is 2. The van der Waals surface area contributed by atoms with Crippen LogP contribution in [-0.2, 0) is 0 Å². The molecule has 0 aliphatic carbocycles. The highest BCUT2D eigenvalue weighted by atomic mass is 15.0. The molecular formula is C11H19N3. The molecule has 0 aliphatic heterocycles. The highest BCUT2D eigenvalue weighted by Crippen LogP contribution is 2.20. The molecule has 0 aliphatic rings. The van der Waals surface area contributed by atoms with Crippen molar-refractivity contribution >= 4 is 0 Å². The summed E-state index contributed by atoms with van der Waals surface area (Å²) in [7, 11) is 0. The Morgan fingerprint density at radius 3 is 2.43 bits per heavy atom. The minimum Gasteiger partial charge on any atom is -0.307 e. The third-order valence-electron chi connectivity index (χ3n) is 2.50. The van der Waals surface area contributed by atoms with Gasteiger partial charge in [-0.1, -0.05) is 27.2 Å². The number of rotatable bonds is 5. The van der Waals surface area contributed by atoms with Crippen LogP contribution in [0.15, 0.2) is 18.5 Å². The van der Waals surface area contributed by atoms with E-state index < -0.39 is 0 Å². The molecule has 2 atom stereocenters. The molecule has 14 heavy (non-hydrogen) atoms. The van der Waals surface area contributed by atoms with Crippen molar-refractivity contribution in [2.24, 2.45) is 5.92 Å². The molecule has 0 saturated carbocycles. The van der Waals surface area contributed by atoms with Gasteiger partial charge in [-0.15, -0.1) is 0 Å². The van der Waals surface area contributed by atoms with Crippen LogP contribution in [0.5, 0.6) is 0 Å². The first-order valence-corrected chi connectivity index (χ1v) is 5.29. The second-order valence-corrected chi connectivity index (χ2v) is 3.53. The van der Waals surface area contributed by atoms with Crippen molar-refractivity contribution in [1.29, 1.82) is 0 Å². The molecule has 0 fully saturated rings. The fourth-order valence-corrected chi connectivity index (χ4v) is 1.47. The van der Waals surface area contributed by atoms with E-state index in [0.29, 0.717) is 5.92 Å². The van der Waals surface area contributed by atoms with Gasteiger partial charge in [-0.25, -0.2) is 9.97 Å². The van der Waals surface area contributed by atoms with E-state index in [2.05, 4.69) is 36.1 Å². The third-order valence-corrected chi connectivity index (χ3v) is 2.50. The second kappa shape index (κ2) is 5.70. The van der Waals surface area contributed by atoms with Crippen LogP contribution in [0.2, 0.25) is 0 Å². The lowest BCUT2D eigenvalue weighted by Crippen LogP contribution is -2.28. The highest BCUT2D eigenvalue weighted by Gasteiger charge is 2.18. The molecule has 3 nitrogen and oxygen atoms in total. The number of hydrogen-bond donors (Lipinski definition) is 1. The van der Waals surface area contributed by atoms with E-state index in [4.69, 9.17) is 0 Å². The van der Waals surface area contributed by atoms with Crippen LogP contribution in [-0.4, -0.2) is 16.5 Å². The molecule has 1 aromatic rings. The molecule has 0 bridgehead atoms. The summed E-state index contributed by atoms with van der Waals surface area (Å²) < 4.78 is 0. The van der Waals surface area contributed by atoms with Gasteiger partial charge < -0.3 is 5.32 Å². The summed E-state index contributed by atoms with van der Waals surface area (Å²) in [6.45, 7) is 7.48. The van der Waals surface area contributed by atoms with Crippen LogP contribution in [0.25, 0.3) is 0 Å². The fourth-order valence-electron chi connectivity index (χ4n) is 1.47. The van der Waals surface area contributed by atoms with Gasteiger partial charge in [0.2, 0.25) is 0 Å². The molecule has 1 rings (SSSR count). The topological polar surface area (TPSA) is 37.8 Å². The fraction of sp³-hybridized carbons (Fsp3) is 0.636. The Morgan fingerprint density at radius 1 is 1.29 bits per heavy atom. The third kappa shape index (κ3) is 2.77. The van der Waals surface area contributed by atoms with Crippen LogP contribution in [0, 0.1) is 5.92 Å². The van der Waals surface area contributed by atoms with Crippen LogP contribution >= 0.6 is 0 Å². The van der Waals surface area contributed by atoms with Crippen molar-refractivity contribution in [3.8, 4) is 0 Å². The summed E-state index contributed by atoms with van der Waals surface area (Å²) in [4.78, 5) is 8.59. The minimum atomic E-state index is 0.284. The Morgan fingerprint density at radius 2 is 1.93 bits per heavy atom. The summed E-state index contributed by atoms with van der Waals surface area (Å²) in [5, 5.41) is 3.42. The molecule has 1 heterocycles. The van der Waals surface area contributed by atoms with Gasteiger partial charge >= 0.3 is 0 Å². The van der Waals surface area contributed by atoms with E-state index in [1.54, 1.807) is 12.4 Å². The summed E-state index contributed by atoms with van der Waals surface area (Å²) in [5.74, 6) is 1.47. The molecule has 78 valence electrons. The van der Waals surface area contributed by atoms with E-state index >= 15 is 0 Å². The smallest absolute Gasteiger partial charge is 0.145 e. The average Bonchev–Trinajstić information content (AvgIpc) is 2.26. The summed E-state index contributed by atoms with van der Waals surface area (Å²) >= 11 is 0. The maximum absolute atomic E-state index is 4.29. The Labute approximate surface area is 86.0 Å². The van der Waals surface area contributed by atoms with Gasteiger partial charge in [0.05, 0.1) is 6.04 Å². The van der Waals surface area contributed by atoms with Crippen molar-refractivity contribution in [3.05, 3.63) is 24.3 Å². The summed E-state index contributed by atoms with van der Waals surface area (Å²) in [5.41, 5.74) is 0. The van der Waals surface area contributed by atoms with E-state index in [1.165, 1.54) is 0 Å². The Bertz CT molecular complexity index is 248. The van der Waals surface area contributed by atoms with Gasteiger partial charge in [-0.05, 0) is 18.5 Å². The van der Waals surface area contributed by atoms with Crippen LogP contribution in [0.1, 0.15) is 39.1 Å². The maximum atomic E-state index is 4.29. The maximum Gasteiger partial charge on any atom is 0.145 e. The zero-order chi connectivity index (χ0) is 10.4. The van der Waals surface area contributed by atoms with Crippen LogP contribution in [0.4, 0.5) is 0 Å². The monoisotopic (exact) mass is 193 g/mol. The first-order valence-electron chi connectivity index (χ1n) is 5.29. The molecule has 0 spiro atoms. The van der Waals surface area contributed by atoms with Crippen molar-refractivity contribution in [3.63, 3.8) is 0 Å². The quantitative estimate of drug-likeness (QED) is 0.778. The van der Waals surface area contributed by atoms with Crippen molar-refractivity contribution in [1.82, 2.24) is 15.3 Å². The van der Waals surface area contributed by atoms with Crippen molar-refractivity contribution in [2.75, 3.05) is 6.54 Å². The largest absolute Gasteiger partial charge is 0.307 e. The predicted molar refractivity (Wildman–Crippen MR) is 57.9 cm³/mol. The molecule has 0 saturated heterocycles. The first kappa shape index (κ1) is 11.1. The molecular weight excluding hydrogens is 174 g/mol. The number of nitrogens with one attached hydrogen (secondary N) is 1. The van der Waals surface area contributed by atoms with E-state index in [9.17, 15) is 0 Å². The molecule has 2 unspecified atom stereocenters. The zero-order valence-electron chi connectivity index (χ0n) is 9.20. The lowest BCUT2D eigenvalue weighted by molar-refractivity contribution is 0.368. The lowest BCUT2D eigenvalue weighted by atomic mass is 9.98. The highest BCUT2D eigenvalue weighted by molar-refractivity contribution is 4.97. The lowest BCUT2D eigenvalue weighted by Gasteiger charge is -2.21. The molecule has 0 radical (unpaired) electrons. The van der Waals surface area contributed by atoms with Gasteiger partial charge in [-0.3, -0.25) is 0 Å². The van der Waals surface area contributed by atoms with Crippen LogP contribution < -0.4 is 5.32 Å².